The third-order valence-corrected chi connectivity index (χ3v) is 3.02. The first kappa shape index (κ1) is 16.4. The van der Waals surface area contributed by atoms with E-state index >= 15 is 0 Å². The Labute approximate surface area is 117 Å². The van der Waals surface area contributed by atoms with Gasteiger partial charge in [-0.25, -0.2) is 4.79 Å². The molecule has 0 unspecified atom stereocenters. The van der Waals surface area contributed by atoms with Crippen LogP contribution in [0.15, 0.2) is 0 Å². The Bertz CT molecular complexity index is 367. The monoisotopic (exact) mass is 288 g/mol. The normalized spacial score (nSPS) is 18.1. The van der Waals surface area contributed by atoms with Crippen LogP contribution in [0.5, 0.6) is 0 Å². The third-order valence-electron chi connectivity index (χ3n) is 3.02. The van der Waals surface area contributed by atoms with Crippen molar-refractivity contribution in [2.24, 2.45) is 0 Å². The fourth-order valence-corrected chi connectivity index (χ4v) is 1.93. The highest BCUT2D eigenvalue weighted by molar-refractivity contribution is 5.86. The molecule has 1 atom stereocenters. The molecule has 8 nitrogen and oxygen atoms in total. The maximum atomic E-state index is 12.1. The lowest BCUT2D eigenvalue weighted by atomic mass is 10.2. The molecule has 1 N–H and O–H groups in total. The van der Waals surface area contributed by atoms with Crippen LogP contribution in [0, 0.1) is 0 Å². The molecule has 0 aliphatic carbocycles. The number of ether oxygens (including phenoxy) is 3. The first-order valence-corrected chi connectivity index (χ1v) is 6.26. The molecule has 20 heavy (non-hydrogen) atoms. The molecule has 1 fully saturated rings. The molecule has 114 valence electrons. The highest BCUT2D eigenvalue weighted by Gasteiger charge is 2.38. The van der Waals surface area contributed by atoms with Gasteiger partial charge < -0.3 is 24.4 Å². The molecule has 1 saturated heterocycles. The van der Waals surface area contributed by atoms with Gasteiger partial charge >= 0.3 is 5.97 Å². The molecular weight excluding hydrogens is 268 g/mol. The van der Waals surface area contributed by atoms with Crippen molar-refractivity contribution in [2.75, 3.05) is 33.4 Å². The fourth-order valence-electron chi connectivity index (χ4n) is 1.93. The van der Waals surface area contributed by atoms with E-state index in [0.29, 0.717) is 19.6 Å². The fraction of sp³-hybridized carbons (Fsp3) is 0.750. The van der Waals surface area contributed by atoms with Gasteiger partial charge in [0.2, 0.25) is 12.3 Å². The summed E-state index contributed by atoms with van der Waals surface area (Å²) in [5.74, 6) is -1.93. The number of nitrogens with one attached hydrogen (secondary N) is 1. The third kappa shape index (κ3) is 4.17. The first-order valence-electron chi connectivity index (χ1n) is 6.26. The van der Waals surface area contributed by atoms with E-state index in [9.17, 15) is 14.4 Å². The van der Waals surface area contributed by atoms with E-state index in [-0.39, 0.29) is 13.1 Å². The van der Waals surface area contributed by atoms with Gasteiger partial charge in [0.05, 0.1) is 33.4 Å². The molecule has 1 aliphatic heterocycles. The van der Waals surface area contributed by atoms with Gasteiger partial charge in [0.1, 0.15) is 6.04 Å². The second kappa shape index (κ2) is 7.20. The summed E-state index contributed by atoms with van der Waals surface area (Å²) in [6.07, 6.45) is 0.420. The maximum absolute atomic E-state index is 12.1. The molecule has 1 aliphatic rings. The summed E-state index contributed by atoms with van der Waals surface area (Å²) in [4.78, 5) is 35.2. The lowest BCUT2D eigenvalue weighted by Crippen LogP contribution is -2.53. The highest BCUT2D eigenvalue weighted by atomic mass is 16.7. The first-order chi connectivity index (χ1) is 9.43. The molecule has 0 bridgehead atoms. The lowest BCUT2D eigenvalue weighted by Gasteiger charge is -2.33. The molecular formula is C12H20N2O6. The number of carbonyl (C=O) groups excluding carboxylic acids is 3. The van der Waals surface area contributed by atoms with Crippen LogP contribution >= 0.6 is 0 Å². The number of hydrogen-bond acceptors (Lipinski definition) is 6. The van der Waals surface area contributed by atoms with E-state index in [1.165, 1.54) is 12.0 Å². The van der Waals surface area contributed by atoms with E-state index in [1.807, 2.05) is 0 Å². The quantitative estimate of drug-likeness (QED) is 0.471. The molecule has 8 heteroatoms. The smallest absolute Gasteiger partial charge is 0.328 e. The minimum atomic E-state index is -0.959. The van der Waals surface area contributed by atoms with E-state index in [2.05, 4.69) is 10.1 Å². The van der Waals surface area contributed by atoms with Gasteiger partial charge in [-0.15, -0.1) is 0 Å². The molecule has 0 aromatic carbocycles. The van der Waals surface area contributed by atoms with Gasteiger partial charge in [-0.1, -0.05) is 0 Å². The van der Waals surface area contributed by atoms with Gasteiger partial charge in [-0.2, -0.15) is 0 Å². The van der Waals surface area contributed by atoms with Crippen LogP contribution in [0.25, 0.3) is 0 Å². The maximum Gasteiger partial charge on any atom is 0.328 e. The summed E-state index contributed by atoms with van der Waals surface area (Å²) >= 11 is 0. The van der Waals surface area contributed by atoms with Crippen molar-refractivity contribution in [3.05, 3.63) is 0 Å². The summed E-state index contributed by atoms with van der Waals surface area (Å²) in [5.41, 5.74) is 0. The Balaban J connectivity index is 2.79. The predicted molar refractivity (Wildman–Crippen MR) is 67.6 cm³/mol. The Morgan fingerprint density at radius 2 is 2.05 bits per heavy atom. The predicted octanol–water partition coefficient (Wildman–Crippen LogP) is -1.11. The molecule has 2 amide bonds. The number of hydrogen-bond donors (Lipinski definition) is 1. The Morgan fingerprint density at radius 1 is 1.45 bits per heavy atom. The van der Waals surface area contributed by atoms with E-state index < -0.39 is 23.7 Å². The van der Waals surface area contributed by atoms with E-state index in [0.717, 1.165) is 0 Å². The lowest BCUT2D eigenvalue weighted by molar-refractivity contribution is -0.175. The summed E-state index contributed by atoms with van der Waals surface area (Å²) in [7, 11) is 1.25. The SMILES string of the molecule is COC(=O)[C@H](C)N(CC1(C)OCCO1)C(=O)CNC=O. The second-order valence-corrected chi connectivity index (χ2v) is 4.55. The summed E-state index contributed by atoms with van der Waals surface area (Å²) in [5, 5.41) is 2.27. The molecule has 1 rings (SSSR count). The topological polar surface area (TPSA) is 94.2 Å². The Hall–Kier alpha value is -1.67. The summed E-state index contributed by atoms with van der Waals surface area (Å²) in [6, 6.07) is -0.800. The van der Waals surface area contributed by atoms with Crippen LogP contribution in [0.4, 0.5) is 0 Å². The number of rotatable bonds is 7. The molecule has 0 radical (unpaired) electrons. The molecule has 0 saturated carbocycles. The number of carbonyl (C=O) groups is 3. The minimum absolute atomic E-state index is 0.0721. The minimum Gasteiger partial charge on any atom is -0.467 e. The van der Waals surface area contributed by atoms with Crippen molar-refractivity contribution >= 4 is 18.3 Å². The average Bonchev–Trinajstić information content (AvgIpc) is 2.87. The van der Waals surface area contributed by atoms with Crippen molar-refractivity contribution in [3.8, 4) is 0 Å². The van der Waals surface area contributed by atoms with Crippen LogP contribution in [0.2, 0.25) is 0 Å². The molecule has 1 heterocycles. The van der Waals surface area contributed by atoms with Crippen LogP contribution < -0.4 is 5.32 Å². The largest absolute Gasteiger partial charge is 0.467 e. The van der Waals surface area contributed by atoms with Crippen LogP contribution in [0.3, 0.4) is 0 Å². The average molecular weight is 288 g/mol. The number of nitrogens with zero attached hydrogens (tertiary/aromatic N) is 1. The van der Waals surface area contributed by atoms with Gasteiger partial charge in [-0.3, -0.25) is 9.59 Å². The van der Waals surface area contributed by atoms with E-state index in [4.69, 9.17) is 9.47 Å². The van der Waals surface area contributed by atoms with Gasteiger partial charge in [0.15, 0.2) is 5.79 Å². The standard InChI is InChI=1S/C12H20N2O6/c1-9(11(17)18-3)14(10(16)6-13-8-15)7-12(2)19-4-5-20-12/h8-9H,4-7H2,1-3H3,(H,13,15)/t9-/m0/s1. The van der Waals surface area contributed by atoms with Crippen molar-refractivity contribution < 1.29 is 28.6 Å². The van der Waals surface area contributed by atoms with Crippen molar-refractivity contribution in [1.29, 1.82) is 0 Å². The molecule has 0 spiro atoms. The summed E-state index contributed by atoms with van der Waals surface area (Å²) < 4.78 is 15.5. The number of amides is 2. The highest BCUT2D eigenvalue weighted by Crippen LogP contribution is 2.21. The van der Waals surface area contributed by atoms with Gasteiger partial charge in [-0.05, 0) is 13.8 Å². The van der Waals surface area contributed by atoms with Gasteiger partial charge in [0.25, 0.3) is 0 Å². The Morgan fingerprint density at radius 3 is 2.55 bits per heavy atom. The zero-order valence-electron chi connectivity index (χ0n) is 11.9. The number of esters is 1. The van der Waals surface area contributed by atoms with Crippen molar-refractivity contribution in [1.82, 2.24) is 10.2 Å². The zero-order chi connectivity index (χ0) is 15.2. The van der Waals surface area contributed by atoms with E-state index in [1.54, 1.807) is 13.8 Å². The van der Waals surface area contributed by atoms with Crippen LogP contribution in [-0.4, -0.2) is 68.4 Å². The summed E-state index contributed by atoms with van der Waals surface area (Å²) in [6.45, 7) is 3.96. The molecule has 0 aromatic heterocycles. The number of methoxy groups -OCH3 is 1. The second-order valence-electron chi connectivity index (χ2n) is 4.55. The van der Waals surface area contributed by atoms with Crippen molar-refractivity contribution in [3.63, 3.8) is 0 Å². The Kier molecular flexibility index (Phi) is 5.90. The van der Waals surface area contributed by atoms with Gasteiger partial charge in [0, 0.05) is 0 Å². The van der Waals surface area contributed by atoms with Crippen molar-refractivity contribution in [2.45, 2.75) is 25.7 Å². The van der Waals surface area contributed by atoms with Crippen LogP contribution in [0.1, 0.15) is 13.8 Å². The molecule has 0 aromatic rings. The zero-order valence-corrected chi connectivity index (χ0v) is 11.9. The van der Waals surface area contributed by atoms with Crippen LogP contribution in [-0.2, 0) is 28.6 Å².